The van der Waals surface area contributed by atoms with Gasteiger partial charge in [0.1, 0.15) is 0 Å². The number of anilines is 1. The maximum absolute atomic E-state index is 8.93. The van der Waals surface area contributed by atoms with E-state index in [1.165, 1.54) is 0 Å². The van der Waals surface area contributed by atoms with Crippen LogP contribution in [0.25, 0.3) is 22.3 Å². The Hall–Kier alpha value is -3.56. The van der Waals surface area contributed by atoms with Crippen molar-refractivity contribution in [1.82, 2.24) is 0 Å². The summed E-state index contributed by atoms with van der Waals surface area (Å²) in [6.07, 6.45) is 0. The van der Waals surface area contributed by atoms with Gasteiger partial charge in [-0.1, -0.05) is 36.4 Å². The molecule has 0 aliphatic rings. The predicted octanol–water partition coefficient (Wildman–Crippen LogP) is 4.35. The van der Waals surface area contributed by atoms with Crippen molar-refractivity contribution in [2.45, 2.75) is 0 Å². The van der Waals surface area contributed by atoms with Crippen molar-refractivity contribution < 1.29 is 0 Å². The Kier molecular flexibility index (Phi) is 3.78. The van der Waals surface area contributed by atoms with Crippen LogP contribution in [-0.4, -0.2) is 0 Å². The highest BCUT2D eigenvalue weighted by Crippen LogP contribution is 2.36. The third-order valence-corrected chi connectivity index (χ3v) is 3.72. The van der Waals surface area contributed by atoms with Gasteiger partial charge in [-0.3, -0.25) is 0 Å². The second-order valence-corrected chi connectivity index (χ2v) is 5.15. The van der Waals surface area contributed by atoms with Crippen molar-refractivity contribution >= 4 is 5.69 Å². The van der Waals surface area contributed by atoms with E-state index in [0.29, 0.717) is 16.8 Å². The van der Waals surface area contributed by atoms with Crippen LogP contribution >= 0.6 is 0 Å². The van der Waals surface area contributed by atoms with Gasteiger partial charge in [0.25, 0.3) is 0 Å². The molecular formula is C20H13N3. The molecule has 0 atom stereocenters. The maximum atomic E-state index is 8.93. The number of hydrogen-bond acceptors (Lipinski definition) is 3. The molecule has 0 saturated heterocycles. The zero-order valence-corrected chi connectivity index (χ0v) is 12.3. The highest BCUT2D eigenvalue weighted by Gasteiger charge is 2.11. The number of nitriles is 2. The Morgan fingerprint density at radius 1 is 0.652 bits per heavy atom. The van der Waals surface area contributed by atoms with E-state index in [9.17, 15) is 0 Å². The minimum absolute atomic E-state index is 0.614. The van der Waals surface area contributed by atoms with Crippen molar-refractivity contribution in [3.05, 3.63) is 77.9 Å². The lowest BCUT2D eigenvalue weighted by Crippen LogP contribution is -1.93. The summed E-state index contributed by atoms with van der Waals surface area (Å²) in [4.78, 5) is 0. The first-order valence-corrected chi connectivity index (χ1v) is 7.12. The molecule has 0 aliphatic carbocycles. The highest BCUT2D eigenvalue weighted by molar-refractivity contribution is 5.91. The van der Waals surface area contributed by atoms with Gasteiger partial charge in [0.15, 0.2) is 0 Å². The molecular weight excluding hydrogens is 282 g/mol. The third kappa shape index (κ3) is 2.77. The molecule has 0 unspecified atom stereocenters. The molecule has 0 fully saturated rings. The minimum atomic E-state index is 0.614. The van der Waals surface area contributed by atoms with Crippen molar-refractivity contribution in [1.29, 1.82) is 10.5 Å². The fourth-order valence-corrected chi connectivity index (χ4v) is 2.57. The van der Waals surface area contributed by atoms with Gasteiger partial charge in [-0.15, -0.1) is 0 Å². The van der Waals surface area contributed by atoms with Crippen LogP contribution in [-0.2, 0) is 0 Å². The van der Waals surface area contributed by atoms with Gasteiger partial charge >= 0.3 is 0 Å². The molecule has 3 aromatic carbocycles. The van der Waals surface area contributed by atoms with Crippen LogP contribution in [0.4, 0.5) is 5.69 Å². The molecule has 3 aromatic rings. The molecule has 0 amide bonds. The molecule has 0 radical (unpaired) electrons. The molecule has 108 valence electrons. The molecule has 0 spiro atoms. The predicted molar refractivity (Wildman–Crippen MR) is 91.2 cm³/mol. The summed E-state index contributed by atoms with van der Waals surface area (Å²) >= 11 is 0. The van der Waals surface area contributed by atoms with E-state index in [2.05, 4.69) is 12.1 Å². The van der Waals surface area contributed by atoms with Crippen molar-refractivity contribution in [2.24, 2.45) is 0 Å². The smallest absolute Gasteiger partial charge is 0.0991 e. The fourth-order valence-electron chi connectivity index (χ4n) is 2.57. The number of rotatable bonds is 2. The molecule has 3 rings (SSSR count). The molecule has 0 aliphatic heterocycles. The molecule has 23 heavy (non-hydrogen) atoms. The highest BCUT2D eigenvalue weighted by atomic mass is 14.6. The van der Waals surface area contributed by atoms with E-state index < -0.39 is 0 Å². The second-order valence-electron chi connectivity index (χ2n) is 5.15. The van der Waals surface area contributed by atoms with Crippen molar-refractivity contribution in [3.8, 4) is 34.4 Å². The van der Waals surface area contributed by atoms with Gasteiger partial charge in [0.2, 0.25) is 0 Å². The third-order valence-electron chi connectivity index (χ3n) is 3.72. The first kappa shape index (κ1) is 14.4. The van der Waals surface area contributed by atoms with Gasteiger partial charge in [0, 0.05) is 11.3 Å². The van der Waals surface area contributed by atoms with Crippen molar-refractivity contribution in [2.75, 3.05) is 5.73 Å². The normalized spacial score (nSPS) is 9.83. The zero-order valence-electron chi connectivity index (χ0n) is 12.3. The zero-order chi connectivity index (χ0) is 16.2. The van der Waals surface area contributed by atoms with Crippen LogP contribution in [0.15, 0.2) is 66.7 Å². The molecule has 0 heterocycles. The number of hydrogen-bond donors (Lipinski definition) is 1. The Balaban J connectivity index is 2.16. The lowest BCUT2D eigenvalue weighted by molar-refractivity contribution is 1.47. The van der Waals surface area contributed by atoms with Crippen LogP contribution in [0.3, 0.4) is 0 Å². The van der Waals surface area contributed by atoms with Crippen LogP contribution in [0.2, 0.25) is 0 Å². The van der Waals surface area contributed by atoms with E-state index >= 15 is 0 Å². The van der Waals surface area contributed by atoms with Gasteiger partial charge in [-0.2, -0.15) is 10.5 Å². The van der Waals surface area contributed by atoms with E-state index in [1.54, 1.807) is 24.3 Å². The molecule has 0 saturated carbocycles. The standard InChI is InChI=1S/C20H13N3/c21-12-14-4-8-16(9-5-14)18-2-1-3-19(23)20(18)17-10-6-15(13-22)7-11-17/h1-11H,23H2. The summed E-state index contributed by atoms with van der Waals surface area (Å²) in [7, 11) is 0. The lowest BCUT2D eigenvalue weighted by Gasteiger charge is -2.13. The van der Waals surface area contributed by atoms with Gasteiger partial charge in [-0.25, -0.2) is 0 Å². The number of benzene rings is 3. The maximum Gasteiger partial charge on any atom is 0.0991 e. The van der Waals surface area contributed by atoms with Gasteiger partial charge in [-0.05, 0) is 47.0 Å². The molecule has 2 N–H and O–H groups in total. The van der Waals surface area contributed by atoms with E-state index in [4.69, 9.17) is 16.3 Å². The average molecular weight is 295 g/mol. The summed E-state index contributed by atoms with van der Waals surface area (Å²) < 4.78 is 0. The summed E-state index contributed by atoms with van der Waals surface area (Å²) in [6.45, 7) is 0. The average Bonchev–Trinajstić information content (AvgIpc) is 2.62. The SMILES string of the molecule is N#Cc1ccc(-c2cccc(N)c2-c2ccc(C#N)cc2)cc1. The quantitative estimate of drug-likeness (QED) is 0.714. The Bertz CT molecular complexity index is 925. The topological polar surface area (TPSA) is 73.6 Å². The lowest BCUT2D eigenvalue weighted by atomic mass is 9.92. The molecule has 0 bridgehead atoms. The minimum Gasteiger partial charge on any atom is -0.398 e. The summed E-state index contributed by atoms with van der Waals surface area (Å²) in [5, 5.41) is 17.9. The number of nitrogen functional groups attached to an aromatic ring is 1. The number of nitrogens with zero attached hydrogens (tertiary/aromatic N) is 2. The van der Waals surface area contributed by atoms with Gasteiger partial charge < -0.3 is 5.73 Å². The summed E-state index contributed by atoms with van der Waals surface area (Å²) in [6, 6.07) is 24.8. The van der Waals surface area contributed by atoms with Crippen LogP contribution < -0.4 is 5.73 Å². The Morgan fingerprint density at radius 2 is 1.17 bits per heavy atom. The molecule has 3 nitrogen and oxygen atoms in total. The van der Waals surface area contributed by atoms with E-state index in [-0.39, 0.29) is 0 Å². The van der Waals surface area contributed by atoms with E-state index in [0.717, 1.165) is 22.3 Å². The molecule has 3 heteroatoms. The Morgan fingerprint density at radius 3 is 1.70 bits per heavy atom. The largest absolute Gasteiger partial charge is 0.398 e. The van der Waals surface area contributed by atoms with Crippen LogP contribution in [0.1, 0.15) is 11.1 Å². The van der Waals surface area contributed by atoms with Gasteiger partial charge in [0.05, 0.1) is 23.3 Å². The fraction of sp³-hybridized carbons (Fsp3) is 0. The first-order valence-electron chi connectivity index (χ1n) is 7.12. The second kappa shape index (κ2) is 6.05. The monoisotopic (exact) mass is 295 g/mol. The first-order chi connectivity index (χ1) is 11.2. The van der Waals surface area contributed by atoms with Crippen LogP contribution in [0.5, 0.6) is 0 Å². The van der Waals surface area contributed by atoms with Crippen molar-refractivity contribution in [3.63, 3.8) is 0 Å². The summed E-state index contributed by atoms with van der Waals surface area (Å²) in [5.41, 5.74) is 12.0. The van der Waals surface area contributed by atoms with Crippen LogP contribution in [0, 0.1) is 22.7 Å². The number of nitrogens with two attached hydrogens (primary N) is 1. The molecule has 0 aromatic heterocycles. The van der Waals surface area contributed by atoms with E-state index in [1.807, 2.05) is 42.5 Å². The Labute approximate surface area is 134 Å². The summed E-state index contributed by atoms with van der Waals surface area (Å²) in [5.74, 6) is 0.